The van der Waals surface area contributed by atoms with Gasteiger partial charge in [0.05, 0.1) is 11.5 Å². The number of rotatable bonds is 2. The lowest BCUT2D eigenvalue weighted by atomic mass is 9.92. The summed E-state index contributed by atoms with van der Waals surface area (Å²) in [6.07, 6.45) is 5.39. The Kier molecular flexibility index (Phi) is 5.62. The quantitative estimate of drug-likeness (QED) is 0.784. The van der Waals surface area contributed by atoms with Crippen molar-refractivity contribution in [2.45, 2.75) is 44.1 Å². The number of hydrogen-bond donors (Lipinski definition) is 2. The second-order valence-electron chi connectivity index (χ2n) is 5.57. The Labute approximate surface area is 120 Å². The Hall–Kier alpha value is -0.810. The van der Waals surface area contributed by atoms with Crippen molar-refractivity contribution >= 4 is 24.2 Å². The van der Waals surface area contributed by atoms with Crippen LogP contribution < -0.4 is 11.1 Å². The van der Waals surface area contributed by atoms with Crippen molar-refractivity contribution in [2.24, 2.45) is 11.7 Å². The largest absolute Gasteiger partial charge is 0.359 e. The molecule has 1 saturated heterocycles. The predicted octanol–water partition coefficient (Wildman–Crippen LogP) is 0.664. The maximum absolute atomic E-state index is 12.4. The third-order valence-corrected chi connectivity index (χ3v) is 4.25. The van der Waals surface area contributed by atoms with Gasteiger partial charge in [0.1, 0.15) is 0 Å². The molecule has 2 rings (SSSR count). The molecule has 2 fully saturated rings. The van der Waals surface area contributed by atoms with Crippen LogP contribution in [0.5, 0.6) is 0 Å². The number of nitrogens with two attached hydrogens (primary N) is 1. The fourth-order valence-electron chi connectivity index (χ4n) is 3.11. The molecule has 1 unspecified atom stereocenters. The van der Waals surface area contributed by atoms with Crippen LogP contribution in [0.25, 0.3) is 0 Å². The molecule has 2 amide bonds. The molecule has 0 aromatic rings. The van der Waals surface area contributed by atoms with E-state index in [1.807, 2.05) is 0 Å². The van der Waals surface area contributed by atoms with Gasteiger partial charge in [-0.15, -0.1) is 12.4 Å². The Morgan fingerprint density at radius 3 is 2.47 bits per heavy atom. The molecular formula is C13H24ClN3O2. The summed E-state index contributed by atoms with van der Waals surface area (Å²) in [5.41, 5.74) is 5.53. The number of likely N-dealkylation sites (tertiary alicyclic amines) is 1. The zero-order chi connectivity index (χ0) is 13.2. The van der Waals surface area contributed by atoms with Crippen LogP contribution in [0.3, 0.4) is 0 Å². The highest BCUT2D eigenvalue weighted by Crippen LogP contribution is 2.30. The fraction of sp³-hybridized carbons (Fsp3) is 0.846. The standard InChI is InChI=1S/C13H23N3O2.ClH/c1-15-11(17)10-5-4-8-16(9-10)12(18)13(14)6-2-3-7-13;/h10H,2-9,14H2,1H3,(H,15,17);1H. The lowest BCUT2D eigenvalue weighted by Gasteiger charge is -2.36. The van der Waals surface area contributed by atoms with E-state index in [9.17, 15) is 9.59 Å². The first-order valence-electron chi connectivity index (χ1n) is 6.87. The number of amides is 2. The molecule has 1 atom stereocenters. The van der Waals surface area contributed by atoms with Crippen molar-refractivity contribution in [1.29, 1.82) is 0 Å². The van der Waals surface area contributed by atoms with Crippen LogP contribution in [0.4, 0.5) is 0 Å². The summed E-state index contributed by atoms with van der Waals surface area (Å²) in [4.78, 5) is 25.9. The van der Waals surface area contributed by atoms with Gasteiger partial charge in [0, 0.05) is 20.1 Å². The van der Waals surface area contributed by atoms with Crippen LogP contribution in [-0.4, -0.2) is 42.4 Å². The predicted molar refractivity (Wildman–Crippen MR) is 76.0 cm³/mol. The summed E-state index contributed by atoms with van der Waals surface area (Å²) < 4.78 is 0. The first-order valence-corrected chi connectivity index (χ1v) is 6.87. The highest BCUT2D eigenvalue weighted by atomic mass is 35.5. The van der Waals surface area contributed by atoms with E-state index in [0.29, 0.717) is 6.54 Å². The monoisotopic (exact) mass is 289 g/mol. The number of piperidine rings is 1. The van der Waals surface area contributed by atoms with E-state index in [4.69, 9.17) is 5.73 Å². The van der Waals surface area contributed by atoms with Gasteiger partial charge in [-0.2, -0.15) is 0 Å². The molecular weight excluding hydrogens is 266 g/mol. The number of hydrogen-bond acceptors (Lipinski definition) is 3. The van der Waals surface area contributed by atoms with E-state index >= 15 is 0 Å². The Morgan fingerprint density at radius 2 is 1.89 bits per heavy atom. The molecule has 0 aromatic heterocycles. The molecule has 5 nitrogen and oxygen atoms in total. The highest BCUT2D eigenvalue weighted by molar-refractivity contribution is 5.87. The number of carbonyl (C=O) groups excluding carboxylic acids is 2. The molecule has 19 heavy (non-hydrogen) atoms. The second-order valence-corrected chi connectivity index (χ2v) is 5.57. The molecule has 1 saturated carbocycles. The number of nitrogens with zero attached hydrogens (tertiary/aromatic N) is 1. The van der Waals surface area contributed by atoms with Gasteiger partial charge in [-0.3, -0.25) is 9.59 Å². The van der Waals surface area contributed by atoms with Crippen LogP contribution in [0.2, 0.25) is 0 Å². The first-order chi connectivity index (χ1) is 8.57. The van der Waals surface area contributed by atoms with E-state index in [-0.39, 0.29) is 30.1 Å². The molecule has 0 aromatic carbocycles. The minimum absolute atomic E-state index is 0. The van der Waals surface area contributed by atoms with Crippen LogP contribution in [-0.2, 0) is 9.59 Å². The van der Waals surface area contributed by atoms with Gasteiger partial charge in [-0.05, 0) is 25.7 Å². The zero-order valence-corrected chi connectivity index (χ0v) is 12.3. The van der Waals surface area contributed by atoms with Gasteiger partial charge >= 0.3 is 0 Å². The summed E-state index contributed by atoms with van der Waals surface area (Å²) in [6, 6.07) is 0. The first kappa shape index (κ1) is 16.2. The molecule has 0 bridgehead atoms. The third kappa shape index (κ3) is 3.39. The van der Waals surface area contributed by atoms with Gasteiger partial charge in [0.15, 0.2) is 0 Å². The highest BCUT2D eigenvalue weighted by Gasteiger charge is 2.41. The van der Waals surface area contributed by atoms with Gasteiger partial charge < -0.3 is 16.0 Å². The van der Waals surface area contributed by atoms with E-state index in [2.05, 4.69) is 5.32 Å². The van der Waals surface area contributed by atoms with Crippen molar-refractivity contribution in [3.8, 4) is 0 Å². The summed E-state index contributed by atoms with van der Waals surface area (Å²) in [5.74, 6) is 0.0105. The summed E-state index contributed by atoms with van der Waals surface area (Å²) in [7, 11) is 1.64. The van der Waals surface area contributed by atoms with Gasteiger partial charge in [0.25, 0.3) is 0 Å². The van der Waals surface area contributed by atoms with Crippen molar-refractivity contribution < 1.29 is 9.59 Å². The van der Waals surface area contributed by atoms with Crippen molar-refractivity contribution in [3.05, 3.63) is 0 Å². The lowest BCUT2D eigenvalue weighted by Crippen LogP contribution is -2.56. The summed E-state index contributed by atoms with van der Waals surface area (Å²) >= 11 is 0. The Balaban J connectivity index is 0.00000180. The van der Waals surface area contributed by atoms with Crippen molar-refractivity contribution in [1.82, 2.24) is 10.2 Å². The molecule has 1 heterocycles. The van der Waals surface area contributed by atoms with Crippen molar-refractivity contribution in [3.63, 3.8) is 0 Å². The average molecular weight is 290 g/mol. The average Bonchev–Trinajstić information content (AvgIpc) is 2.85. The Morgan fingerprint density at radius 1 is 1.26 bits per heavy atom. The number of halogens is 1. The fourth-order valence-corrected chi connectivity index (χ4v) is 3.11. The van der Waals surface area contributed by atoms with E-state index in [1.54, 1.807) is 11.9 Å². The summed E-state index contributed by atoms with van der Waals surface area (Å²) in [5, 5.41) is 2.67. The third-order valence-electron chi connectivity index (χ3n) is 4.25. The van der Waals surface area contributed by atoms with Gasteiger partial charge in [0.2, 0.25) is 11.8 Å². The van der Waals surface area contributed by atoms with Gasteiger partial charge in [-0.25, -0.2) is 0 Å². The van der Waals surface area contributed by atoms with Gasteiger partial charge in [-0.1, -0.05) is 12.8 Å². The molecule has 0 spiro atoms. The van der Waals surface area contributed by atoms with Crippen molar-refractivity contribution in [2.75, 3.05) is 20.1 Å². The maximum Gasteiger partial charge on any atom is 0.242 e. The SMILES string of the molecule is CNC(=O)C1CCCN(C(=O)C2(N)CCCC2)C1.Cl. The van der Waals surface area contributed by atoms with Crippen LogP contribution in [0.15, 0.2) is 0 Å². The lowest BCUT2D eigenvalue weighted by molar-refractivity contribution is -0.140. The molecule has 2 aliphatic rings. The van der Waals surface area contributed by atoms with Crippen LogP contribution in [0.1, 0.15) is 38.5 Å². The molecule has 1 aliphatic carbocycles. The maximum atomic E-state index is 12.4. The number of carbonyl (C=O) groups is 2. The minimum Gasteiger partial charge on any atom is -0.359 e. The second kappa shape index (κ2) is 6.57. The smallest absolute Gasteiger partial charge is 0.242 e. The molecule has 6 heteroatoms. The van der Waals surface area contributed by atoms with Crippen LogP contribution in [0, 0.1) is 5.92 Å². The molecule has 3 N–H and O–H groups in total. The molecule has 110 valence electrons. The molecule has 1 aliphatic heterocycles. The topological polar surface area (TPSA) is 75.4 Å². The Bertz CT molecular complexity index is 343. The summed E-state index contributed by atoms with van der Waals surface area (Å²) in [6.45, 7) is 1.27. The molecule has 0 radical (unpaired) electrons. The zero-order valence-electron chi connectivity index (χ0n) is 11.5. The van der Waals surface area contributed by atoms with E-state index in [1.165, 1.54) is 0 Å². The van der Waals surface area contributed by atoms with Crippen LogP contribution >= 0.6 is 12.4 Å². The normalized spacial score (nSPS) is 25.6. The number of nitrogens with one attached hydrogen (secondary N) is 1. The van der Waals surface area contributed by atoms with E-state index in [0.717, 1.165) is 45.1 Å². The van der Waals surface area contributed by atoms with E-state index < -0.39 is 5.54 Å². The minimum atomic E-state index is -0.662.